The van der Waals surface area contributed by atoms with Gasteiger partial charge in [0.15, 0.2) is 0 Å². The molecular weight excluding hydrogens is 304 g/mol. The Kier molecular flexibility index (Phi) is 6.41. The number of amides is 1. The standard InChI is InChI=1S/C12H17ClN2O4S/c1-2-3-7-11(12(16)14-17)15-20(18,19)10-6-4-5-9(13)8-10/h4-6,8,11,15,17H,2-3,7H2,1H3,(H,14,16). The zero-order valence-electron chi connectivity index (χ0n) is 11.0. The fourth-order valence-corrected chi connectivity index (χ4v) is 3.15. The maximum atomic E-state index is 12.1. The Morgan fingerprint density at radius 3 is 2.70 bits per heavy atom. The lowest BCUT2D eigenvalue weighted by atomic mass is 10.1. The van der Waals surface area contributed by atoms with Crippen LogP contribution in [0.4, 0.5) is 0 Å². The van der Waals surface area contributed by atoms with Gasteiger partial charge in [-0.3, -0.25) is 10.0 Å². The first kappa shape index (κ1) is 16.9. The summed E-state index contributed by atoms with van der Waals surface area (Å²) in [6.45, 7) is 1.92. The highest BCUT2D eigenvalue weighted by Crippen LogP contribution is 2.16. The molecule has 0 radical (unpaired) electrons. The average molecular weight is 321 g/mol. The van der Waals surface area contributed by atoms with Gasteiger partial charge < -0.3 is 0 Å². The molecule has 3 N–H and O–H groups in total. The monoisotopic (exact) mass is 320 g/mol. The minimum atomic E-state index is -3.87. The van der Waals surface area contributed by atoms with E-state index in [9.17, 15) is 13.2 Å². The van der Waals surface area contributed by atoms with Crippen LogP contribution in [0.3, 0.4) is 0 Å². The van der Waals surface area contributed by atoms with Crippen molar-refractivity contribution in [2.45, 2.75) is 37.1 Å². The van der Waals surface area contributed by atoms with Crippen LogP contribution in [0.1, 0.15) is 26.2 Å². The molecule has 112 valence electrons. The molecule has 1 atom stereocenters. The molecule has 0 aliphatic heterocycles. The molecule has 0 saturated heterocycles. The van der Waals surface area contributed by atoms with E-state index >= 15 is 0 Å². The van der Waals surface area contributed by atoms with Crippen molar-refractivity contribution in [1.29, 1.82) is 0 Å². The lowest BCUT2D eigenvalue weighted by Crippen LogP contribution is -2.45. The number of rotatable bonds is 7. The van der Waals surface area contributed by atoms with Crippen LogP contribution < -0.4 is 10.2 Å². The summed E-state index contributed by atoms with van der Waals surface area (Å²) in [7, 11) is -3.87. The van der Waals surface area contributed by atoms with E-state index in [2.05, 4.69) is 4.72 Å². The first-order chi connectivity index (χ1) is 9.40. The first-order valence-corrected chi connectivity index (χ1v) is 7.98. The van der Waals surface area contributed by atoms with Crippen LogP contribution in [0.25, 0.3) is 0 Å². The molecule has 20 heavy (non-hydrogen) atoms. The predicted octanol–water partition coefficient (Wildman–Crippen LogP) is 1.68. The molecule has 0 aliphatic carbocycles. The summed E-state index contributed by atoms with van der Waals surface area (Å²) in [5, 5.41) is 8.94. The van der Waals surface area contributed by atoms with Gasteiger partial charge in [-0.25, -0.2) is 13.9 Å². The number of unbranched alkanes of at least 4 members (excludes halogenated alkanes) is 1. The fraction of sp³-hybridized carbons (Fsp3) is 0.417. The van der Waals surface area contributed by atoms with Gasteiger partial charge in [0.2, 0.25) is 10.0 Å². The van der Waals surface area contributed by atoms with E-state index in [4.69, 9.17) is 16.8 Å². The van der Waals surface area contributed by atoms with Crippen molar-refractivity contribution in [2.24, 2.45) is 0 Å². The molecule has 0 fully saturated rings. The molecule has 0 aromatic heterocycles. The van der Waals surface area contributed by atoms with Crippen molar-refractivity contribution in [3.63, 3.8) is 0 Å². The first-order valence-electron chi connectivity index (χ1n) is 6.12. The van der Waals surface area contributed by atoms with Crippen LogP contribution >= 0.6 is 11.6 Å². The summed E-state index contributed by atoms with van der Waals surface area (Å²) in [6, 6.07) is 4.70. The molecule has 6 nitrogen and oxygen atoms in total. The number of hydrogen-bond acceptors (Lipinski definition) is 4. The van der Waals surface area contributed by atoms with Crippen molar-refractivity contribution in [2.75, 3.05) is 0 Å². The van der Waals surface area contributed by atoms with Crippen molar-refractivity contribution < 1.29 is 18.4 Å². The normalized spacial score (nSPS) is 12.9. The summed E-state index contributed by atoms with van der Waals surface area (Å²) >= 11 is 5.75. The second-order valence-corrected chi connectivity index (χ2v) is 6.40. The largest absolute Gasteiger partial charge is 0.289 e. The van der Waals surface area contributed by atoms with Gasteiger partial charge in [-0.1, -0.05) is 37.4 Å². The van der Waals surface area contributed by atoms with Gasteiger partial charge in [0.25, 0.3) is 5.91 Å². The highest BCUT2D eigenvalue weighted by Gasteiger charge is 2.25. The number of carbonyl (C=O) groups excluding carboxylic acids is 1. The van der Waals surface area contributed by atoms with Crippen molar-refractivity contribution in [3.05, 3.63) is 29.3 Å². The van der Waals surface area contributed by atoms with Gasteiger partial charge in [0.05, 0.1) is 4.90 Å². The molecular formula is C12H17ClN2O4S. The van der Waals surface area contributed by atoms with Crippen LogP contribution in [-0.2, 0) is 14.8 Å². The van der Waals surface area contributed by atoms with Crippen molar-refractivity contribution in [3.8, 4) is 0 Å². The molecule has 1 amide bonds. The summed E-state index contributed by atoms with van der Waals surface area (Å²) in [5.41, 5.74) is 1.47. The third-order valence-electron chi connectivity index (χ3n) is 2.68. The van der Waals surface area contributed by atoms with E-state index in [0.29, 0.717) is 12.8 Å². The lowest BCUT2D eigenvalue weighted by molar-refractivity contribution is -0.131. The number of nitrogens with one attached hydrogen (secondary N) is 2. The Hall–Kier alpha value is -1.15. The average Bonchev–Trinajstić information content (AvgIpc) is 2.42. The molecule has 0 heterocycles. The Bertz CT molecular complexity index is 562. The van der Waals surface area contributed by atoms with Crippen molar-refractivity contribution in [1.82, 2.24) is 10.2 Å². The van der Waals surface area contributed by atoms with Gasteiger partial charge >= 0.3 is 0 Å². The van der Waals surface area contributed by atoms with Gasteiger partial charge in [-0.2, -0.15) is 4.72 Å². The Morgan fingerprint density at radius 1 is 1.45 bits per heavy atom. The summed E-state index contributed by atoms with van der Waals surface area (Å²) < 4.78 is 26.6. The van der Waals surface area contributed by atoms with Gasteiger partial charge in [-0.15, -0.1) is 0 Å². The van der Waals surface area contributed by atoms with E-state index in [1.165, 1.54) is 23.7 Å². The molecule has 1 unspecified atom stereocenters. The van der Waals surface area contributed by atoms with Crippen molar-refractivity contribution >= 4 is 27.5 Å². The summed E-state index contributed by atoms with van der Waals surface area (Å²) in [6.07, 6.45) is 1.74. The maximum absolute atomic E-state index is 12.1. The zero-order chi connectivity index (χ0) is 15.2. The molecule has 1 aromatic rings. The van der Waals surface area contributed by atoms with E-state index in [0.717, 1.165) is 6.42 Å². The molecule has 1 aromatic carbocycles. The molecule has 0 bridgehead atoms. The maximum Gasteiger partial charge on any atom is 0.261 e. The topological polar surface area (TPSA) is 95.5 Å². The SMILES string of the molecule is CCCCC(NS(=O)(=O)c1cccc(Cl)c1)C(=O)NO. The second-order valence-electron chi connectivity index (χ2n) is 4.25. The predicted molar refractivity (Wildman–Crippen MR) is 75.0 cm³/mol. The third-order valence-corrected chi connectivity index (χ3v) is 4.38. The Balaban J connectivity index is 2.93. The number of sulfonamides is 1. The highest BCUT2D eigenvalue weighted by molar-refractivity contribution is 7.89. The zero-order valence-corrected chi connectivity index (χ0v) is 12.5. The van der Waals surface area contributed by atoms with Crippen LogP contribution in [0, 0.1) is 0 Å². The third kappa shape index (κ3) is 4.75. The van der Waals surface area contributed by atoms with Crippen LogP contribution in [-0.4, -0.2) is 25.6 Å². The summed E-state index contributed by atoms with van der Waals surface area (Å²) in [4.78, 5) is 11.4. The van der Waals surface area contributed by atoms with Gasteiger partial charge in [0.1, 0.15) is 6.04 Å². The number of hydrogen-bond donors (Lipinski definition) is 3. The molecule has 0 spiro atoms. The second kappa shape index (κ2) is 7.58. The molecule has 1 rings (SSSR count). The molecule has 0 saturated carbocycles. The van der Waals surface area contributed by atoms with E-state index in [-0.39, 0.29) is 9.92 Å². The Morgan fingerprint density at radius 2 is 2.15 bits per heavy atom. The number of carbonyl (C=O) groups is 1. The van der Waals surface area contributed by atoms with E-state index < -0.39 is 22.0 Å². The van der Waals surface area contributed by atoms with E-state index in [1.54, 1.807) is 6.07 Å². The van der Waals surface area contributed by atoms with E-state index in [1.807, 2.05) is 6.92 Å². The number of halogens is 1. The molecule has 0 aliphatic rings. The molecule has 8 heteroatoms. The fourth-order valence-electron chi connectivity index (χ4n) is 1.62. The number of benzene rings is 1. The highest BCUT2D eigenvalue weighted by atomic mass is 35.5. The smallest absolute Gasteiger partial charge is 0.261 e. The van der Waals surface area contributed by atoms with Gasteiger partial charge in [0, 0.05) is 5.02 Å². The van der Waals surface area contributed by atoms with Crippen LogP contribution in [0.2, 0.25) is 5.02 Å². The minimum Gasteiger partial charge on any atom is -0.289 e. The quantitative estimate of drug-likeness (QED) is 0.526. The van der Waals surface area contributed by atoms with Gasteiger partial charge in [-0.05, 0) is 24.6 Å². The number of hydroxylamine groups is 1. The van der Waals surface area contributed by atoms with Crippen LogP contribution in [0.15, 0.2) is 29.2 Å². The lowest BCUT2D eigenvalue weighted by Gasteiger charge is -2.16. The van der Waals surface area contributed by atoms with Crippen LogP contribution in [0.5, 0.6) is 0 Å². The minimum absolute atomic E-state index is 0.0303. The Labute approximate surface area is 123 Å². The summed E-state index contributed by atoms with van der Waals surface area (Å²) in [5.74, 6) is -0.788.